The number of nitrogens with zero attached hydrogens (tertiary/aromatic N) is 2. The first-order valence-corrected chi connectivity index (χ1v) is 4.69. The van der Waals surface area contributed by atoms with Crippen LogP contribution in [-0.2, 0) is 0 Å². The lowest BCUT2D eigenvalue weighted by molar-refractivity contribution is 0.412. The van der Waals surface area contributed by atoms with E-state index in [1.807, 2.05) is 26.8 Å². The van der Waals surface area contributed by atoms with E-state index in [-0.39, 0.29) is 11.5 Å². The van der Waals surface area contributed by atoms with Crippen molar-refractivity contribution in [2.45, 2.75) is 26.8 Å². The summed E-state index contributed by atoms with van der Waals surface area (Å²) in [4.78, 5) is 0. The van der Waals surface area contributed by atoms with Crippen LogP contribution in [0.4, 0.5) is 0 Å². The minimum absolute atomic E-state index is 0.199. The molecule has 1 rings (SSSR count). The van der Waals surface area contributed by atoms with E-state index in [0.29, 0.717) is 6.54 Å². The highest BCUT2D eigenvalue weighted by atomic mass is 15.1. The number of aromatic amines is 1. The van der Waals surface area contributed by atoms with Crippen LogP contribution in [-0.4, -0.2) is 16.7 Å². The molecule has 0 fully saturated rings. The molecule has 1 aromatic heterocycles. The van der Waals surface area contributed by atoms with E-state index in [1.54, 1.807) is 6.20 Å². The van der Waals surface area contributed by atoms with Gasteiger partial charge in [0.05, 0.1) is 17.2 Å². The Labute approximate surface area is 84.3 Å². The first kappa shape index (κ1) is 10.7. The van der Waals surface area contributed by atoms with E-state index in [9.17, 15) is 0 Å². The molecule has 4 nitrogen and oxygen atoms in total. The average Bonchev–Trinajstić information content (AvgIpc) is 2.67. The van der Waals surface area contributed by atoms with E-state index in [1.165, 1.54) is 0 Å². The van der Waals surface area contributed by atoms with E-state index >= 15 is 0 Å². The highest BCUT2D eigenvalue weighted by Crippen LogP contribution is 2.14. The summed E-state index contributed by atoms with van der Waals surface area (Å²) in [6.07, 6.45) is 1.73. The Morgan fingerprint density at radius 1 is 1.71 bits per heavy atom. The number of nitrogens with one attached hydrogen (secondary N) is 2. The van der Waals surface area contributed by atoms with Crippen molar-refractivity contribution in [2.75, 3.05) is 6.54 Å². The summed E-state index contributed by atoms with van der Waals surface area (Å²) in [7, 11) is 0. The van der Waals surface area contributed by atoms with Crippen LogP contribution in [0.1, 0.15) is 32.5 Å². The summed E-state index contributed by atoms with van der Waals surface area (Å²) in [5, 5.41) is 18.9. The van der Waals surface area contributed by atoms with Crippen LogP contribution in [0.15, 0.2) is 12.3 Å². The molecule has 0 saturated carbocycles. The summed E-state index contributed by atoms with van der Waals surface area (Å²) in [6.45, 7) is 6.55. The van der Waals surface area contributed by atoms with Gasteiger partial charge in [-0.05, 0) is 26.8 Å². The molecule has 4 heteroatoms. The van der Waals surface area contributed by atoms with E-state index in [0.717, 1.165) is 5.69 Å². The molecule has 2 N–H and O–H groups in total. The topological polar surface area (TPSA) is 64.5 Å². The summed E-state index contributed by atoms with van der Waals surface area (Å²) in [6, 6.07) is 4.38. The van der Waals surface area contributed by atoms with Crippen molar-refractivity contribution in [3.05, 3.63) is 18.0 Å². The van der Waals surface area contributed by atoms with Crippen LogP contribution in [0.3, 0.4) is 0 Å². The van der Waals surface area contributed by atoms with Gasteiger partial charge in [-0.25, -0.2) is 0 Å². The summed E-state index contributed by atoms with van der Waals surface area (Å²) in [5.41, 5.74) is 0.715. The molecule has 1 aromatic rings. The second kappa shape index (κ2) is 4.25. The lowest BCUT2D eigenvalue weighted by Gasteiger charge is -2.19. The van der Waals surface area contributed by atoms with Crippen LogP contribution in [0, 0.1) is 16.7 Å². The summed E-state index contributed by atoms with van der Waals surface area (Å²) < 4.78 is 0. The molecule has 0 radical (unpaired) electrons. The van der Waals surface area contributed by atoms with Gasteiger partial charge < -0.3 is 5.32 Å². The van der Waals surface area contributed by atoms with Crippen LogP contribution >= 0.6 is 0 Å². The van der Waals surface area contributed by atoms with Crippen molar-refractivity contribution in [1.29, 1.82) is 5.26 Å². The van der Waals surface area contributed by atoms with Crippen molar-refractivity contribution in [3.8, 4) is 6.07 Å². The lowest BCUT2D eigenvalue weighted by Crippen LogP contribution is -2.30. The third-order valence-corrected chi connectivity index (χ3v) is 2.14. The number of hydrogen-bond donors (Lipinski definition) is 2. The van der Waals surface area contributed by atoms with Crippen molar-refractivity contribution in [1.82, 2.24) is 15.5 Å². The number of H-pyrrole nitrogens is 1. The Bertz CT molecular complexity index is 307. The maximum Gasteiger partial charge on any atom is 0.0697 e. The van der Waals surface area contributed by atoms with Gasteiger partial charge in [0.1, 0.15) is 0 Å². The molecule has 76 valence electrons. The molecule has 1 heterocycles. The Balaban J connectivity index is 2.44. The van der Waals surface area contributed by atoms with Crippen molar-refractivity contribution in [3.63, 3.8) is 0 Å². The van der Waals surface area contributed by atoms with Gasteiger partial charge in [-0.15, -0.1) is 0 Å². The third kappa shape index (κ3) is 2.86. The number of rotatable bonds is 4. The van der Waals surface area contributed by atoms with E-state index in [2.05, 4.69) is 21.6 Å². The zero-order chi connectivity index (χ0) is 10.6. The minimum Gasteiger partial charge on any atom is -0.307 e. The first-order chi connectivity index (χ1) is 6.55. The number of nitriles is 1. The van der Waals surface area contributed by atoms with Gasteiger partial charge in [-0.2, -0.15) is 10.4 Å². The predicted molar refractivity (Wildman–Crippen MR) is 54.4 cm³/mol. The summed E-state index contributed by atoms with van der Waals surface area (Å²) >= 11 is 0. The minimum atomic E-state index is -0.325. The van der Waals surface area contributed by atoms with Crippen LogP contribution < -0.4 is 5.32 Å². The molecule has 0 aliphatic carbocycles. The number of aromatic nitrogens is 2. The van der Waals surface area contributed by atoms with Gasteiger partial charge in [0, 0.05) is 18.8 Å². The van der Waals surface area contributed by atoms with Gasteiger partial charge in [0.2, 0.25) is 0 Å². The fraction of sp³-hybridized carbons (Fsp3) is 0.600. The predicted octanol–water partition coefficient (Wildman–Crippen LogP) is 1.61. The monoisotopic (exact) mass is 192 g/mol. The van der Waals surface area contributed by atoms with Crippen molar-refractivity contribution >= 4 is 0 Å². The normalized spacial score (nSPS) is 13.6. The lowest BCUT2D eigenvalue weighted by atomic mass is 9.95. The number of hydrogen-bond acceptors (Lipinski definition) is 3. The van der Waals surface area contributed by atoms with Gasteiger partial charge in [0.15, 0.2) is 0 Å². The summed E-state index contributed by atoms with van der Waals surface area (Å²) in [5.74, 6) is 0. The molecule has 0 bridgehead atoms. The maximum atomic E-state index is 8.83. The SMILES string of the molecule is CC(NCC(C)(C)C#N)c1ccn[nH]1. The molecule has 0 aromatic carbocycles. The van der Waals surface area contributed by atoms with Crippen molar-refractivity contribution in [2.24, 2.45) is 5.41 Å². The molecule has 0 spiro atoms. The fourth-order valence-corrected chi connectivity index (χ4v) is 1.07. The largest absolute Gasteiger partial charge is 0.307 e. The highest BCUT2D eigenvalue weighted by Gasteiger charge is 2.17. The Kier molecular flexibility index (Phi) is 3.26. The second-order valence-corrected chi connectivity index (χ2v) is 4.11. The van der Waals surface area contributed by atoms with Gasteiger partial charge in [-0.1, -0.05) is 0 Å². The van der Waals surface area contributed by atoms with E-state index < -0.39 is 0 Å². The van der Waals surface area contributed by atoms with Crippen LogP contribution in [0.2, 0.25) is 0 Å². The smallest absolute Gasteiger partial charge is 0.0697 e. The molecule has 0 aliphatic rings. The zero-order valence-corrected chi connectivity index (χ0v) is 8.83. The molecule has 0 aliphatic heterocycles. The third-order valence-electron chi connectivity index (χ3n) is 2.14. The Morgan fingerprint density at radius 2 is 2.43 bits per heavy atom. The second-order valence-electron chi connectivity index (χ2n) is 4.11. The van der Waals surface area contributed by atoms with Crippen LogP contribution in [0.5, 0.6) is 0 Å². The van der Waals surface area contributed by atoms with Crippen molar-refractivity contribution < 1.29 is 0 Å². The zero-order valence-electron chi connectivity index (χ0n) is 8.83. The molecule has 1 unspecified atom stereocenters. The molecule has 0 amide bonds. The quantitative estimate of drug-likeness (QED) is 0.761. The first-order valence-electron chi connectivity index (χ1n) is 4.69. The Morgan fingerprint density at radius 3 is 2.93 bits per heavy atom. The van der Waals surface area contributed by atoms with Crippen LogP contribution in [0.25, 0.3) is 0 Å². The molecular weight excluding hydrogens is 176 g/mol. The maximum absolute atomic E-state index is 8.83. The molecule has 14 heavy (non-hydrogen) atoms. The van der Waals surface area contributed by atoms with E-state index in [4.69, 9.17) is 5.26 Å². The van der Waals surface area contributed by atoms with Gasteiger partial charge >= 0.3 is 0 Å². The van der Waals surface area contributed by atoms with Gasteiger partial charge in [0.25, 0.3) is 0 Å². The highest BCUT2D eigenvalue weighted by molar-refractivity contribution is 5.04. The average molecular weight is 192 g/mol. The fourth-order valence-electron chi connectivity index (χ4n) is 1.07. The molecule has 0 saturated heterocycles. The molecular formula is C10H16N4. The molecule has 1 atom stereocenters. The van der Waals surface area contributed by atoms with Gasteiger partial charge in [-0.3, -0.25) is 5.10 Å². The Hall–Kier alpha value is -1.34. The standard InChI is InChI=1S/C10H16N4/c1-8(9-4-5-13-14-9)12-7-10(2,3)6-11/h4-5,8,12H,7H2,1-3H3,(H,13,14).